The van der Waals surface area contributed by atoms with E-state index in [2.05, 4.69) is 0 Å². The summed E-state index contributed by atoms with van der Waals surface area (Å²) < 4.78 is 5.69. The van der Waals surface area contributed by atoms with Crippen LogP contribution in [0.5, 0.6) is 5.75 Å². The molecule has 0 saturated carbocycles. The number of carboxylic acid groups (broad SMARTS) is 1. The molecule has 3 heteroatoms. The molecule has 3 nitrogen and oxygen atoms in total. The van der Waals surface area contributed by atoms with Crippen LogP contribution < -0.4 is 4.74 Å². The summed E-state index contributed by atoms with van der Waals surface area (Å²) in [7, 11) is 0. The van der Waals surface area contributed by atoms with E-state index in [-0.39, 0.29) is 0 Å². The first kappa shape index (κ1) is 13.4. The summed E-state index contributed by atoms with van der Waals surface area (Å²) in [5.41, 5.74) is 0. The average Bonchev–Trinajstić information content (AvgIpc) is 2.43. The van der Waals surface area contributed by atoms with Gasteiger partial charge in [-0.25, -0.2) is 4.79 Å². The molecule has 2 aromatic carbocycles. The molecule has 0 aliphatic heterocycles. The van der Waals surface area contributed by atoms with E-state index >= 15 is 0 Å². The summed E-state index contributed by atoms with van der Waals surface area (Å²) in [6, 6.07) is 13.5. The summed E-state index contributed by atoms with van der Waals surface area (Å²) in [5.74, 6) is -0.261. The fraction of sp³-hybridized carbons (Fsp3) is 0.312. The minimum absolute atomic E-state index is 0.537. The number of hydrogen-bond donors (Lipinski definition) is 1. The molecule has 1 N–H and O–H groups in total. The van der Waals surface area contributed by atoms with Crippen molar-refractivity contribution >= 4 is 16.7 Å². The molecule has 0 heterocycles. The first-order chi connectivity index (χ1) is 9.22. The quantitative estimate of drug-likeness (QED) is 0.855. The molecule has 0 radical (unpaired) electrons. The van der Waals surface area contributed by atoms with Crippen molar-refractivity contribution < 1.29 is 14.6 Å². The first-order valence-electron chi connectivity index (χ1n) is 6.59. The number of rotatable bonds is 6. The summed E-state index contributed by atoms with van der Waals surface area (Å²) in [6.07, 6.45) is 1.57. The average molecular weight is 258 g/mol. The summed E-state index contributed by atoms with van der Waals surface area (Å²) >= 11 is 0. The third-order valence-electron chi connectivity index (χ3n) is 3.11. The van der Waals surface area contributed by atoms with Crippen molar-refractivity contribution in [2.45, 2.75) is 32.3 Å². The predicted octanol–water partition coefficient (Wildman–Crippen LogP) is 3.86. The normalized spacial score (nSPS) is 12.3. The highest BCUT2D eigenvalue weighted by atomic mass is 16.5. The molecule has 0 saturated heterocycles. The molecule has 19 heavy (non-hydrogen) atoms. The first-order valence-corrected chi connectivity index (χ1v) is 6.59. The maximum absolute atomic E-state index is 11.2. The molecule has 1 atom stereocenters. The number of hydrogen-bond acceptors (Lipinski definition) is 2. The fourth-order valence-corrected chi connectivity index (χ4v) is 2.07. The van der Waals surface area contributed by atoms with Gasteiger partial charge in [0, 0.05) is 5.39 Å². The summed E-state index contributed by atoms with van der Waals surface area (Å²) in [5, 5.41) is 11.2. The molecule has 0 amide bonds. The molecule has 0 fully saturated rings. The van der Waals surface area contributed by atoms with Crippen molar-refractivity contribution in [2.75, 3.05) is 0 Å². The third kappa shape index (κ3) is 3.25. The number of aliphatic carboxylic acids is 1. The van der Waals surface area contributed by atoms with Crippen LogP contribution in [0.15, 0.2) is 42.5 Å². The maximum atomic E-state index is 11.2. The van der Waals surface area contributed by atoms with Gasteiger partial charge in [-0.15, -0.1) is 0 Å². The second kappa shape index (κ2) is 6.23. The van der Waals surface area contributed by atoms with Gasteiger partial charge in [-0.05, 0) is 24.3 Å². The van der Waals surface area contributed by atoms with Gasteiger partial charge in [-0.2, -0.15) is 0 Å². The molecule has 0 spiro atoms. The summed E-state index contributed by atoms with van der Waals surface area (Å²) in [4.78, 5) is 11.2. The van der Waals surface area contributed by atoms with E-state index in [1.807, 2.05) is 49.4 Å². The van der Waals surface area contributed by atoms with Gasteiger partial charge in [0.05, 0.1) is 0 Å². The van der Waals surface area contributed by atoms with E-state index in [1.165, 1.54) is 0 Å². The smallest absolute Gasteiger partial charge is 0.344 e. The Morgan fingerprint density at radius 1 is 1.21 bits per heavy atom. The Morgan fingerprint density at radius 3 is 2.68 bits per heavy atom. The number of benzene rings is 2. The number of unbranched alkanes of at least 4 members (excludes halogenated alkanes) is 1. The fourth-order valence-electron chi connectivity index (χ4n) is 2.07. The minimum atomic E-state index is -0.901. The Kier molecular flexibility index (Phi) is 4.39. The monoisotopic (exact) mass is 258 g/mol. The van der Waals surface area contributed by atoms with Crippen molar-refractivity contribution in [3.8, 4) is 5.75 Å². The van der Waals surface area contributed by atoms with E-state index in [0.29, 0.717) is 12.2 Å². The van der Waals surface area contributed by atoms with Crippen molar-refractivity contribution in [3.63, 3.8) is 0 Å². The lowest BCUT2D eigenvalue weighted by Gasteiger charge is -2.16. The molecular weight excluding hydrogens is 240 g/mol. The zero-order valence-electron chi connectivity index (χ0n) is 11.0. The Morgan fingerprint density at radius 2 is 1.95 bits per heavy atom. The second-order valence-corrected chi connectivity index (χ2v) is 4.56. The molecule has 0 aliphatic carbocycles. The maximum Gasteiger partial charge on any atom is 0.344 e. The predicted molar refractivity (Wildman–Crippen MR) is 75.5 cm³/mol. The van der Waals surface area contributed by atoms with Crippen molar-refractivity contribution in [1.82, 2.24) is 0 Å². The van der Waals surface area contributed by atoms with E-state index in [9.17, 15) is 9.90 Å². The Balaban J connectivity index is 2.26. The van der Waals surface area contributed by atoms with E-state index < -0.39 is 12.1 Å². The molecule has 0 aliphatic rings. The molecule has 1 unspecified atom stereocenters. The standard InChI is InChI=1S/C16H18O3/c1-2-3-10-15(16(17)18)19-14-11-6-8-12-7-4-5-9-13(12)14/h4-9,11,15H,2-3,10H2,1H3,(H,17,18). The lowest BCUT2D eigenvalue weighted by atomic mass is 10.1. The van der Waals surface area contributed by atoms with Crippen molar-refractivity contribution in [2.24, 2.45) is 0 Å². The molecule has 2 rings (SSSR count). The molecule has 2 aromatic rings. The molecule has 100 valence electrons. The number of carbonyl (C=O) groups is 1. The van der Waals surface area contributed by atoms with Crippen LogP contribution in [0.3, 0.4) is 0 Å². The van der Waals surface area contributed by atoms with E-state index in [0.717, 1.165) is 23.6 Å². The highest BCUT2D eigenvalue weighted by molar-refractivity contribution is 5.88. The van der Waals surface area contributed by atoms with Crippen LogP contribution in [0, 0.1) is 0 Å². The zero-order valence-corrected chi connectivity index (χ0v) is 11.0. The van der Waals surface area contributed by atoms with E-state index in [4.69, 9.17) is 4.74 Å². The highest BCUT2D eigenvalue weighted by Crippen LogP contribution is 2.26. The second-order valence-electron chi connectivity index (χ2n) is 4.56. The number of carboxylic acids is 1. The van der Waals surface area contributed by atoms with Crippen molar-refractivity contribution in [1.29, 1.82) is 0 Å². The van der Waals surface area contributed by atoms with Crippen LogP contribution in [0.25, 0.3) is 10.8 Å². The Labute approximate surface area is 112 Å². The van der Waals surface area contributed by atoms with Crippen LogP contribution in [-0.2, 0) is 4.79 Å². The number of fused-ring (bicyclic) bond motifs is 1. The van der Waals surface area contributed by atoms with Gasteiger partial charge in [-0.1, -0.05) is 49.7 Å². The van der Waals surface area contributed by atoms with Gasteiger partial charge in [0.25, 0.3) is 0 Å². The molecule has 0 bridgehead atoms. The van der Waals surface area contributed by atoms with Crippen LogP contribution in [-0.4, -0.2) is 17.2 Å². The van der Waals surface area contributed by atoms with Crippen LogP contribution in [0.1, 0.15) is 26.2 Å². The summed E-state index contributed by atoms with van der Waals surface area (Å²) in [6.45, 7) is 2.04. The topological polar surface area (TPSA) is 46.5 Å². The molecular formula is C16H18O3. The van der Waals surface area contributed by atoms with Gasteiger partial charge in [0.1, 0.15) is 5.75 Å². The van der Waals surface area contributed by atoms with E-state index in [1.54, 1.807) is 0 Å². The van der Waals surface area contributed by atoms with Crippen molar-refractivity contribution in [3.05, 3.63) is 42.5 Å². The molecule has 0 aromatic heterocycles. The minimum Gasteiger partial charge on any atom is -0.479 e. The largest absolute Gasteiger partial charge is 0.479 e. The van der Waals surface area contributed by atoms with Crippen LogP contribution in [0.4, 0.5) is 0 Å². The lowest BCUT2D eigenvalue weighted by Crippen LogP contribution is -2.26. The number of ether oxygens (including phenoxy) is 1. The van der Waals surface area contributed by atoms with Gasteiger partial charge >= 0.3 is 5.97 Å². The van der Waals surface area contributed by atoms with Crippen LogP contribution in [0.2, 0.25) is 0 Å². The SMILES string of the molecule is CCCCC(Oc1cccc2ccccc12)C(=O)O. The Hall–Kier alpha value is -2.03. The zero-order chi connectivity index (χ0) is 13.7. The van der Waals surface area contributed by atoms with Gasteiger partial charge < -0.3 is 9.84 Å². The van der Waals surface area contributed by atoms with Gasteiger partial charge in [-0.3, -0.25) is 0 Å². The third-order valence-corrected chi connectivity index (χ3v) is 3.11. The van der Waals surface area contributed by atoms with Gasteiger partial charge in [0.15, 0.2) is 6.10 Å². The Bertz CT molecular complexity index is 557. The van der Waals surface area contributed by atoms with Crippen LogP contribution >= 0.6 is 0 Å². The lowest BCUT2D eigenvalue weighted by molar-refractivity contribution is -0.145. The highest BCUT2D eigenvalue weighted by Gasteiger charge is 2.19. The van der Waals surface area contributed by atoms with Gasteiger partial charge in [0.2, 0.25) is 0 Å².